The second-order valence-corrected chi connectivity index (χ2v) is 6.30. The van der Waals surface area contributed by atoms with Crippen LogP contribution in [-0.4, -0.2) is 30.6 Å². The van der Waals surface area contributed by atoms with E-state index in [1.165, 1.54) is 25.0 Å². The highest BCUT2D eigenvalue weighted by atomic mass is 19.4. The van der Waals surface area contributed by atoms with E-state index in [1.807, 2.05) is 0 Å². The first kappa shape index (κ1) is 15.7. The molecule has 5 heteroatoms. The minimum atomic E-state index is -4.35. The molecule has 0 aromatic heterocycles. The molecule has 1 aliphatic heterocycles. The van der Waals surface area contributed by atoms with Crippen LogP contribution in [0.25, 0.3) is 0 Å². The Labute approximate surface area is 129 Å². The third-order valence-corrected chi connectivity index (χ3v) is 4.31. The molecule has 122 valence electrons. The zero-order valence-corrected chi connectivity index (χ0v) is 12.7. The summed E-state index contributed by atoms with van der Waals surface area (Å²) in [6.07, 6.45) is 1.40. The maximum absolute atomic E-state index is 13.2. The highest BCUT2D eigenvalue weighted by Gasteiger charge is 2.36. The van der Waals surface area contributed by atoms with E-state index in [9.17, 15) is 13.2 Å². The number of alkyl halides is 3. The summed E-state index contributed by atoms with van der Waals surface area (Å²) >= 11 is 0. The largest absolute Gasteiger partial charge is 0.490 e. The molecule has 2 aliphatic rings. The summed E-state index contributed by atoms with van der Waals surface area (Å²) in [6, 6.07) is 4.53. The van der Waals surface area contributed by atoms with Gasteiger partial charge in [-0.15, -0.1) is 0 Å². The van der Waals surface area contributed by atoms with Crippen molar-refractivity contribution in [3.63, 3.8) is 0 Å². The van der Waals surface area contributed by atoms with E-state index in [4.69, 9.17) is 4.74 Å². The van der Waals surface area contributed by atoms with Gasteiger partial charge in [0.15, 0.2) is 0 Å². The fourth-order valence-electron chi connectivity index (χ4n) is 2.94. The Kier molecular flexibility index (Phi) is 4.62. The van der Waals surface area contributed by atoms with E-state index in [-0.39, 0.29) is 11.9 Å². The van der Waals surface area contributed by atoms with Crippen LogP contribution < -0.4 is 4.74 Å². The number of halogens is 3. The van der Waals surface area contributed by atoms with Crippen LogP contribution in [0.5, 0.6) is 5.75 Å². The number of hydrogen-bond acceptors (Lipinski definition) is 2. The molecule has 1 aromatic carbocycles. The van der Waals surface area contributed by atoms with Gasteiger partial charge in [0.2, 0.25) is 0 Å². The van der Waals surface area contributed by atoms with Gasteiger partial charge in [0.1, 0.15) is 5.75 Å². The molecule has 0 bridgehead atoms. The summed E-state index contributed by atoms with van der Waals surface area (Å²) in [6.45, 7) is 3.23. The van der Waals surface area contributed by atoms with Crippen molar-refractivity contribution in [1.82, 2.24) is 4.90 Å². The topological polar surface area (TPSA) is 12.5 Å². The van der Waals surface area contributed by atoms with E-state index < -0.39 is 11.7 Å². The predicted octanol–water partition coefficient (Wildman–Crippen LogP) is 4.28. The van der Waals surface area contributed by atoms with Crippen LogP contribution in [0.2, 0.25) is 0 Å². The molecule has 1 saturated carbocycles. The predicted molar refractivity (Wildman–Crippen MR) is 79.1 cm³/mol. The lowest BCUT2D eigenvalue weighted by molar-refractivity contribution is -0.139. The van der Waals surface area contributed by atoms with Crippen molar-refractivity contribution >= 4 is 0 Å². The molecule has 2 nitrogen and oxygen atoms in total. The Morgan fingerprint density at radius 3 is 2.50 bits per heavy atom. The van der Waals surface area contributed by atoms with Crippen LogP contribution >= 0.6 is 0 Å². The summed E-state index contributed by atoms with van der Waals surface area (Å²) in [5.41, 5.74) is 0.118. The van der Waals surface area contributed by atoms with Crippen LogP contribution in [-0.2, 0) is 12.6 Å². The summed E-state index contributed by atoms with van der Waals surface area (Å²) in [5.74, 6) is -0.0155. The Balaban J connectivity index is 1.63. The fourth-order valence-corrected chi connectivity index (χ4v) is 2.94. The molecule has 1 heterocycles. The molecule has 22 heavy (non-hydrogen) atoms. The summed E-state index contributed by atoms with van der Waals surface area (Å²) in [7, 11) is 0. The van der Waals surface area contributed by atoms with E-state index in [0.29, 0.717) is 6.42 Å². The minimum Gasteiger partial charge on any atom is -0.490 e. The number of aryl methyl sites for hydroxylation is 1. The van der Waals surface area contributed by atoms with Crippen LogP contribution in [0.3, 0.4) is 0 Å². The van der Waals surface area contributed by atoms with Crippen molar-refractivity contribution in [2.45, 2.75) is 50.8 Å². The summed E-state index contributed by atoms with van der Waals surface area (Å²) < 4.78 is 44.9. The van der Waals surface area contributed by atoms with Gasteiger partial charge >= 0.3 is 6.18 Å². The van der Waals surface area contributed by atoms with Gasteiger partial charge in [0, 0.05) is 0 Å². The first-order valence-corrected chi connectivity index (χ1v) is 8.11. The molecule has 1 aromatic rings. The standard InChI is InChI=1S/C17H22F3NO/c18-17(19,20)15-12-13(4-3-11-21-9-1-2-10-21)5-8-16(15)22-14-6-7-14/h5,8,12,14H,1-4,6-7,9-11H2. The van der Waals surface area contributed by atoms with E-state index in [1.54, 1.807) is 6.07 Å². The second-order valence-electron chi connectivity index (χ2n) is 6.30. The first-order chi connectivity index (χ1) is 10.5. The van der Waals surface area contributed by atoms with Crippen LogP contribution in [0.15, 0.2) is 18.2 Å². The maximum atomic E-state index is 13.2. The molecule has 0 spiro atoms. The van der Waals surface area contributed by atoms with Crippen molar-refractivity contribution in [2.75, 3.05) is 19.6 Å². The molecule has 0 N–H and O–H groups in total. The van der Waals surface area contributed by atoms with Crippen molar-refractivity contribution in [1.29, 1.82) is 0 Å². The Morgan fingerprint density at radius 1 is 1.14 bits per heavy atom. The molecule has 2 fully saturated rings. The monoisotopic (exact) mass is 313 g/mol. The average Bonchev–Trinajstić information content (AvgIpc) is 3.12. The summed E-state index contributed by atoms with van der Waals surface area (Å²) in [5, 5.41) is 0. The minimum absolute atomic E-state index is 0.0155. The number of likely N-dealkylation sites (tertiary alicyclic amines) is 1. The lowest BCUT2D eigenvalue weighted by Gasteiger charge is -2.16. The van der Waals surface area contributed by atoms with E-state index in [2.05, 4.69) is 4.90 Å². The number of rotatable bonds is 6. The number of ether oxygens (including phenoxy) is 1. The molecule has 1 aliphatic carbocycles. The number of benzene rings is 1. The van der Waals surface area contributed by atoms with Crippen molar-refractivity contribution < 1.29 is 17.9 Å². The second kappa shape index (κ2) is 6.49. The van der Waals surface area contributed by atoms with Gasteiger partial charge < -0.3 is 9.64 Å². The van der Waals surface area contributed by atoms with Gasteiger partial charge in [-0.1, -0.05) is 6.07 Å². The van der Waals surface area contributed by atoms with Crippen molar-refractivity contribution in [3.05, 3.63) is 29.3 Å². The molecule has 3 rings (SSSR count). The molecule has 0 amide bonds. The van der Waals surface area contributed by atoms with Gasteiger partial charge in [-0.25, -0.2) is 0 Å². The Hall–Kier alpha value is -1.23. The SMILES string of the molecule is FC(F)(F)c1cc(CCCN2CCCC2)ccc1OC1CC1. The Morgan fingerprint density at radius 2 is 1.86 bits per heavy atom. The zero-order valence-electron chi connectivity index (χ0n) is 12.7. The zero-order chi connectivity index (χ0) is 15.6. The van der Waals surface area contributed by atoms with Gasteiger partial charge in [0.25, 0.3) is 0 Å². The van der Waals surface area contributed by atoms with E-state index >= 15 is 0 Å². The highest BCUT2D eigenvalue weighted by molar-refractivity contribution is 5.39. The number of nitrogens with zero attached hydrogens (tertiary/aromatic N) is 1. The normalized spacial score (nSPS) is 19.6. The quantitative estimate of drug-likeness (QED) is 0.777. The molecule has 1 saturated heterocycles. The molecule has 0 unspecified atom stereocenters. The van der Waals surface area contributed by atoms with Crippen molar-refractivity contribution in [3.8, 4) is 5.75 Å². The van der Waals surface area contributed by atoms with Crippen LogP contribution in [0.1, 0.15) is 43.2 Å². The van der Waals surface area contributed by atoms with Gasteiger partial charge in [-0.2, -0.15) is 13.2 Å². The Bertz CT molecular complexity index is 505. The highest BCUT2D eigenvalue weighted by Crippen LogP contribution is 2.39. The smallest absolute Gasteiger partial charge is 0.419 e. The lowest BCUT2D eigenvalue weighted by atomic mass is 10.0. The maximum Gasteiger partial charge on any atom is 0.419 e. The van der Waals surface area contributed by atoms with Gasteiger partial charge in [0.05, 0.1) is 11.7 Å². The fraction of sp³-hybridized carbons (Fsp3) is 0.647. The molecule has 0 atom stereocenters. The third-order valence-electron chi connectivity index (χ3n) is 4.31. The molecule has 0 radical (unpaired) electrons. The van der Waals surface area contributed by atoms with Crippen LogP contribution in [0, 0.1) is 0 Å². The average molecular weight is 313 g/mol. The molecular formula is C17H22F3NO. The van der Waals surface area contributed by atoms with Gasteiger partial charge in [-0.05, 0) is 75.9 Å². The van der Waals surface area contributed by atoms with Crippen LogP contribution in [0.4, 0.5) is 13.2 Å². The number of hydrogen-bond donors (Lipinski definition) is 0. The third kappa shape index (κ3) is 4.15. The van der Waals surface area contributed by atoms with E-state index in [0.717, 1.165) is 44.5 Å². The van der Waals surface area contributed by atoms with Gasteiger partial charge in [-0.3, -0.25) is 0 Å². The molecular weight excluding hydrogens is 291 g/mol. The lowest BCUT2D eigenvalue weighted by Crippen LogP contribution is -2.20. The van der Waals surface area contributed by atoms with Crippen molar-refractivity contribution in [2.24, 2.45) is 0 Å². The summed E-state index contributed by atoms with van der Waals surface area (Å²) in [4.78, 5) is 2.38. The first-order valence-electron chi connectivity index (χ1n) is 8.11.